The third kappa shape index (κ3) is 3.98. The predicted octanol–water partition coefficient (Wildman–Crippen LogP) is 1.11. The Labute approximate surface area is 67.0 Å². The number of hydrogen-bond acceptors (Lipinski definition) is 2. The van der Waals surface area contributed by atoms with Gasteiger partial charge in [0.05, 0.1) is 6.10 Å². The second-order valence-corrected chi connectivity index (χ2v) is 3.17. The highest BCUT2D eigenvalue weighted by Gasteiger charge is 2.19. The molecule has 11 heavy (non-hydrogen) atoms. The molecule has 0 aromatic heterocycles. The standard InChI is InChI=1S/C8H16O3/c1-5(4-8(10)11)6(2)7(3)9/h5-7,9H,4H2,1-3H3,(H,10,11). The summed E-state index contributed by atoms with van der Waals surface area (Å²) in [6, 6.07) is 0. The Kier molecular flexibility index (Phi) is 4.11. The minimum atomic E-state index is -0.801. The van der Waals surface area contributed by atoms with Gasteiger partial charge in [0.25, 0.3) is 0 Å². The van der Waals surface area contributed by atoms with Crippen LogP contribution in [0.25, 0.3) is 0 Å². The summed E-state index contributed by atoms with van der Waals surface area (Å²) >= 11 is 0. The Morgan fingerprint density at radius 1 is 1.36 bits per heavy atom. The van der Waals surface area contributed by atoms with Gasteiger partial charge in [0, 0.05) is 6.42 Å². The van der Waals surface area contributed by atoms with E-state index in [0.717, 1.165) is 0 Å². The number of hydrogen-bond donors (Lipinski definition) is 2. The molecule has 0 saturated heterocycles. The van der Waals surface area contributed by atoms with E-state index in [1.165, 1.54) is 0 Å². The van der Waals surface area contributed by atoms with Gasteiger partial charge in [-0.1, -0.05) is 13.8 Å². The van der Waals surface area contributed by atoms with E-state index in [0.29, 0.717) is 0 Å². The first-order chi connectivity index (χ1) is 4.95. The van der Waals surface area contributed by atoms with Gasteiger partial charge in [0.1, 0.15) is 0 Å². The third-order valence-corrected chi connectivity index (χ3v) is 2.16. The molecule has 66 valence electrons. The molecule has 0 aromatic rings. The summed E-state index contributed by atoms with van der Waals surface area (Å²) in [6.45, 7) is 5.38. The molecule has 0 heterocycles. The van der Waals surface area contributed by atoms with Crippen LogP contribution in [0.3, 0.4) is 0 Å². The Bertz CT molecular complexity index is 131. The molecule has 0 aliphatic rings. The van der Waals surface area contributed by atoms with Crippen LogP contribution in [0.15, 0.2) is 0 Å². The minimum Gasteiger partial charge on any atom is -0.481 e. The lowest BCUT2D eigenvalue weighted by Crippen LogP contribution is -2.22. The van der Waals surface area contributed by atoms with Crippen molar-refractivity contribution in [2.24, 2.45) is 11.8 Å². The summed E-state index contributed by atoms with van der Waals surface area (Å²) in [7, 11) is 0. The lowest BCUT2D eigenvalue weighted by Gasteiger charge is -2.20. The van der Waals surface area contributed by atoms with Crippen molar-refractivity contribution in [3.63, 3.8) is 0 Å². The van der Waals surface area contributed by atoms with Gasteiger partial charge in [0.2, 0.25) is 0 Å². The van der Waals surface area contributed by atoms with Crippen molar-refractivity contribution >= 4 is 5.97 Å². The van der Waals surface area contributed by atoms with Crippen LogP contribution in [0.1, 0.15) is 27.2 Å². The fraction of sp³-hybridized carbons (Fsp3) is 0.875. The van der Waals surface area contributed by atoms with Crippen molar-refractivity contribution in [2.45, 2.75) is 33.3 Å². The third-order valence-electron chi connectivity index (χ3n) is 2.16. The predicted molar refractivity (Wildman–Crippen MR) is 42.3 cm³/mol. The van der Waals surface area contributed by atoms with E-state index in [4.69, 9.17) is 10.2 Å². The van der Waals surface area contributed by atoms with E-state index < -0.39 is 12.1 Å². The summed E-state index contributed by atoms with van der Waals surface area (Å²) < 4.78 is 0. The fourth-order valence-electron chi connectivity index (χ4n) is 0.937. The Balaban J connectivity index is 3.82. The fourth-order valence-corrected chi connectivity index (χ4v) is 0.937. The molecule has 0 rings (SSSR count). The average molecular weight is 160 g/mol. The molecule has 3 atom stereocenters. The Morgan fingerprint density at radius 3 is 2.09 bits per heavy atom. The molecule has 0 radical (unpaired) electrons. The summed E-state index contributed by atoms with van der Waals surface area (Å²) in [5.74, 6) is -0.719. The number of carbonyl (C=O) groups is 1. The van der Waals surface area contributed by atoms with E-state index in [-0.39, 0.29) is 18.3 Å². The molecule has 0 aliphatic carbocycles. The average Bonchev–Trinajstić information content (AvgIpc) is 1.84. The molecule has 0 bridgehead atoms. The van der Waals surface area contributed by atoms with Crippen LogP contribution in [-0.2, 0) is 4.79 Å². The van der Waals surface area contributed by atoms with Crippen LogP contribution in [0, 0.1) is 11.8 Å². The quantitative estimate of drug-likeness (QED) is 0.647. The second-order valence-electron chi connectivity index (χ2n) is 3.17. The number of rotatable bonds is 4. The lowest BCUT2D eigenvalue weighted by atomic mass is 9.89. The smallest absolute Gasteiger partial charge is 0.303 e. The molecule has 0 saturated carbocycles. The first-order valence-electron chi connectivity index (χ1n) is 3.85. The highest BCUT2D eigenvalue weighted by molar-refractivity contribution is 5.66. The van der Waals surface area contributed by atoms with Gasteiger partial charge in [-0.2, -0.15) is 0 Å². The molecule has 3 nitrogen and oxygen atoms in total. The van der Waals surface area contributed by atoms with Gasteiger partial charge in [-0.25, -0.2) is 0 Å². The van der Waals surface area contributed by atoms with Crippen molar-refractivity contribution in [1.82, 2.24) is 0 Å². The van der Waals surface area contributed by atoms with Gasteiger partial charge in [0.15, 0.2) is 0 Å². The first kappa shape index (κ1) is 10.4. The molecule has 2 N–H and O–H groups in total. The van der Waals surface area contributed by atoms with E-state index >= 15 is 0 Å². The van der Waals surface area contributed by atoms with Crippen molar-refractivity contribution in [2.75, 3.05) is 0 Å². The maximum atomic E-state index is 10.3. The Hall–Kier alpha value is -0.570. The lowest BCUT2D eigenvalue weighted by molar-refractivity contribution is -0.138. The number of carboxylic acid groups (broad SMARTS) is 1. The summed E-state index contributed by atoms with van der Waals surface area (Å²) in [5.41, 5.74) is 0. The van der Waals surface area contributed by atoms with Crippen LogP contribution in [0.2, 0.25) is 0 Å². The summed E-state index contributed by atoms with van der Waals surface area (Å²) in [6.07, 6.45) is -0.296. The molecule has 0 amide bonds. The molecule has 3 heteroatoms. The highest BCUT2D eigenvalue weighted by Crippen LogP contribution is 2.18. The van der Waals surface area contributed by atoms with Crippen molar-refractivity contribution in [3.8, 4) is 0 Å². The van der Waals surface area contributed by atoms with Gasteiger partial charge in [-0.15, -0.1) is 0 Å². The molecule has 0 aliphatic heterocycles. The van der Waals surface area contributed by atoms with Gasteiger partial charge in [-0.3, -0.25) is 4.79 Å². The minimum absolute atomic E-state index is 0.0347. The number of aliphatic carboxylic acids is 1. The molecule has 0 spiro atoms. The maximum Gasteiger partial charge on any atom is 0.303 e. The summed E-state index contributed by atoms with van der Waals surface area (Å²) in [4.78, 5) is 10.3. The second kappa shape index (κ2) is 4.34. The Morgan fingerprint density at radius 2 is 1.82 bits per heavy atom. The number of carboxylic acids is 1. The maximum absolute atomic E-state index is 10.3. The number of aliphatic hydroxyl groups is 1. The van der Waals surface area contributed by atoms with Crippen LogP contribution >= 0.6 is 0 Å². The van der Waals surface area contributed by atoms with Crippen molar-refractivity contribution in [3.05, 3.63) is 0 Å². The van der Waals surface area contributed by atoms with Gasteiger partial charge >= 0.3 is 5.97 Å². The number of aliphatic hydroxyl groups excluding tert-OH is 1. The first-order valence-corrected chi connectivity index (χ1v) is 3.85. The molecule has 0 fully saturated rings. The van der Waals surface area contributed by atoms with E-state index in [1.807, 2.05) is 13.8 Å². The van der Waals surface area contributed by atoms with E-state index in [2.05, 4.69) is 0 Å². The van der Waals surface area contributed by atoms with Crippen LogP contribution < -0.4 is 0 Å². The van der Waals surface area contributed by atoms with E-state index in [1.54, 1.807) is 6.92 Å². The zero-order chi connectivity index (χ0) is 9.02. The molecule has 3 unspecified atom stereocenters. The largest absolute Gasteiger partial charge is 0.481 e. The molecule has 0 aromatic carbocycles. The van der Waals surface area contributed by atoms with Gasteiger partial charge in [-0.05, 0) is 18.8 Å². The SMILES string of the molecule is CC(O)C(C)C(C)CC(=O)O. The van der Waals surface area contributed by atoms with Crippen molar-refractivity contribution < 1.29 is 15.0 Å². The normalized spacial score (nSPS) is 18.9. The summed E-state index contributed by atoms with van der Waals surface area (Å²) in [5, 5.41) is 17.5. The molecular formula is C8H16O3. The zero-order valence-electron chi connectivity index (χ0n) is 7.24. The molecular weight excluding hydrogens is 144 g/mol. The van der Waals surface area contributed by atoms with E-state index in [9.17, 15) is 4.79 Å². The van der Waals surface area contributed by atoms with Gasteiger partial charge < -0.3 is 10.2 Å². The van der Waals surface area contributed by atoms with Crippen LogP contribution in [0.4, 0.5) is 0 Å². The monoisotopic (exact) mass is 160 g/mol. The van der Waals surface area contributed by atoms with Crippen LogP contribution in [0.5, 0.6) is 0 Å². The zero-order valence-corrected chi connectivity index (χ0v) is 7.24. The highest BCUT2D eigenvalue weighted by atomic mass is 16.4. The van der Waals surface area contributed by atoms with Crippen molar-refractivity contribution in [1.29, 1.82) is 0 Å². The van der Waals surface area contributed by atoms with Crippen LogP contribution in [-0.4, -0.2) is 22.3 Å². The topological polar surface area (TPSA) is 57.5 Å².